The van der Waals surface area contributed by atoms with Gasteiger partial charge in [0.2, 0.25) is 17.7 Å². The fraction of sp³-hybridized carbons (Fsp3) is 0.857. The Hall–Kier alpha value is -3.51. The van der Waals surface area contributed by atoms with Gasteiger partial charge in [0.15, 0.2) is 23.1 Å². The minimum Gasteiger partial charge on any atom is -0.379 e. The summed E-state index contributed by atoms with van der Waals surface area (Å²) in [7, 11) is 1.87. The molecule has 0 bridgehead atoms. The summed E-state index contributed by atoms with van der Waals surface area (Å²) >= 11 is 0. The Morgan fingerprint density at radius 1 is 0.297 bits per heavy atom. The van der Waals surface area contributed by atoms with E-state index in [2.05, 4.69) is 28.2 Å². The fourth-order valence-corrected chi connectivity index (χ4v) is 5.09. The zero-order valence-corrected chi connectivity index (χ0v) is 44.9. The number of unbranched alkanes of at least 4 members (excludes halogenated alkanes) is 1. The van der Waals surface area contributed by atoms with Crippen LogP contribution >= 0.6 is 0 Å². The quantitative estimate of drug-likeness (QED) is 0.0556. The molecule has 0 aromatic heterocycles. The molecule has 0 aliphatic heterocycles. The highest BCUT2D eigenvalue weighted by Crippen LogP contribution is 1.97. The average Bonchev–Trinajstić information content (AvgIpc) is 3.37. The van der Waals surface area contributed by atoms with Crippen LogP contribution in [0.3, 0.4) is 0 Å². The van der Waals surface area contributed by atoms with Gasteiger partial charge in [-0.05, 0) is 40.2 Å². The van der Waals surface area contributed by atoms with E-state index >= 15 is 0 Å². The molecule has 25 nitrogen and oxygen atoms in total. The maximum Gasteiger partial charge on any atom is 0.246 e. The van der Waals surface area contributed by atoms with E-state index in [0.29, 0.717) is 125 Å². The van der Waals surface area contributed by atoms with E-state index in [1.165, 1.54) is 13.8 Å². The maximum atomic E-state index is 12.0. The minimum absolute atomic E-state index is 0.0113. The highest BCUT2D eigenvalue weighted by molar-refractivity contribution is 5.80. The molecule has 0 atom stereocenters. The molecule has 3 amide bonds. The number of amides is 3. The van der Waals surface area contributed by atoms with Crippen LogP contribution in [0, 0.1) is 0 Å². The van der Waals surface area contributed by atoms with Crippen LogP contribution in [0.25, 0.3) is 0 Å². The first kappa shape index (κ1) is 72.6. The van der Waals surface area contributed by atoms with Crippen LogP contribution in [0.2, 0.25) is 0 Å². The van der Waals surface area contributed by atoms with E-state index in [9.17, 15) is 33.6 Å². The van der Waals surface area contributed by atoms with Gasteiger partial charge in [-0.25, -0.2) is 0 Å². The second kappa shape index (κ2) is 60.4. The number of Topliss-reactive ketones (excluding diaryl/α,β-unsaturated/α-hetero) is 4. The van der Waals surface area contributed by atoms with Gasteiger partial charge in [0.05, 0.1) is 119 Å². The van der Waals surface area contributed by atoms with Crippen molar-refractivity contribution in [1.82, 2.24) is 21.3 Å². The van der Waals surface area contributed by atoms with Crippen LogP contribution in [0.1, 0.15) is 59.3 Å². The lowest BCUT2D eigenvalue weighted by Crippen LogP contribution is -2.32. The topological polar surface area (TPSA) is 297 Å². The molecule has 74 heavy (non-hydrogen) atoms. The Morgan fingerprint density at radius 2 is 0.554 bits per heavy atom. The van der Waals surface area contributed by atoms with Crippen LogP contribution in [-0.4, -0.2) is 259 Å². The van der Waals surface area contributed by atoms with Gasteiger partial charge in [0.25, 0.3) is 0 Å². The van der Waals surface area contributed by atoms with Crippen molar-refractivity contribution in [2.45, 2.75) is 59.3 Å². The third kappa shape index (κ3) is 64.6. The van der Waals surface area contributed by atoms with Crippen LogP contribution in [0.4, 0.5) is 0 Å². The summed E-state index contributed by atoms with van der Waals surface area (Å²) in [5.41, 5.74) is 0. The standard InChI is InChI=1S/C41H75N3O18.C8H17NO3/c1-3-4-12-51-20-27-60-33-39(48)43-10-16-55-22-29-62-35-41(50)44-11-17-56-23-28-61-34-40(49)42-9-15-54-21-26-59-32-38(47)8-6-14-53-19-25-58-31-37(46)7-5-13-52-18-24-57-30-36(2)45;1-8(10)7-12-6-5-11-4-3-9-2/h3-35H2,1-2H3,(H,42,49)(H,43,48)(H,44,50);9H,3-7H2,1-2H3. The Balaban J connectivity index is 0. The molecular formula is C49H92N4O21. The van der Waals surface area contributed by atoms with Gasteiger partial charge in [-0.1, -0.05) is 13.3 Å². The number of carbonyl (C=O) groups excluding carboxylic acids is 7. The lowest BCUT2D eigenvalue weighted by atomic mass is 10.2. The van der Waals surface area contributed by atoms with Crippen LogP contribution in [-0.2, 0) is 99.9 Å². The van der Waals surface area contributed by atoms with Gasteiger partial charge in [0.1, 0.15) is 46.2 Å². The van der Waals surface area contributed by atoms with Crippen molar-refractivity contribution in [3.05, 3.63) is 0 Å². The monoisotopic (exact) mass is 1070 g/mol. The van der Waals surface area contributed by atoms with Gasteiger partial charge >= 0.3 is 0 Å². The Morgan fingerprint density at radius 3 is 0.851 bits per heavy atom. The van der Waals surface area contributed by atoms with Crippen LogP contribution in [0.15, 0.2) is 0 Å². The smallest absolute Gasteiger partial charge is 0.246 e. The third-order valence-corrected chi connectivity index (χ3v) is 8.77. The number of carbonyl (C=O) groups is 7. The second-order valence-corrected chi connectivity index (χ2v) is 15.9. The number of nitrogens with one attached hydrogen (secondary N) is 4. The highest BCUT2D eigenvalue weighted by Gasteiger charge is 2.07. The summed E-state index contributed by atoms with van der Waals surface area (Å²) in [5, 5.41) is 11.0. The largest absolute Gasteiger partial charge is 0.379 e. The maximum absolute atomic E-state index is 12.0. The molecule has 0 heterocycles. The number of ketones is 4. The minimum atomic E-state index is -0.299. The van der Waals surface area contributed by atoms with E-state index in [0.717, 1.165) is 19.4 Å². The summed E-state index contributed by atoms with van der Waals surface area (Å²) in [6.45, 7) is 14.5. The molecule has 0 aromatic rings. The van der Waals surface area contributed by atoms with E-state index in [1.54, 1.807) is 0 Å². The van der Waals surface area contributed by atoms with E-state index in [-0.39, 0.29) is 147 Å². The van der Waals surface area contributed by atoms with Crippen molar-refractivity contribution < 1.29 is 99.9 Å². The first-order valence-corrected chi connectivity index (χ1v) is 25.6. The molecule has 25 heteroatoms. The van der Waals surface area contributed by atoms with E-state index in [4.69, 9.17) is 66.3 Å². The zero-order chi connectivity index (χ0) is 54.6. The number of ether oxygens (including phenoxy) is 14. The zero-order valence-electron chi connectivity index (χ0n) is 44.9. The molecule has 0 saturated heterocycles. The van der Waals surface area contributed by atoms with Gasteiger partial charge in [-0.2, -0.15) is 0 Å². The Kier molecular flexibility index (Phi) is 59.2. The van der Waals surface area contributed by atoms with Crippen molar-refractivity contribution in [3.8, 4) is 0 Å². The molecular weight excluding hydrogens is 981 g/mol. The number of likely N-dealkylation sites (N-methyl/N-ethyl adjacent to an activating group) is 1. The molecule has 0 saturated carbocycles. The summed E-state index contributed by atoms with van der Waals surface area (Å²) in [4.78, 5) is 80.4. The molecule has 0 unspecified atom stereocenters. The van der Waals surface area contributed by atoms with Crippen molar-refractivity contribution in [3.63, 3.8) is 0 Å². The molecule has 0 spiro atoms. The molecule has 0 fully saturated rings. The number of hydrogen-bond donors (Lipinski definition) is 4. The van der Waals surface area contributed by atoms with E-state index < -0.39 is 0 Å². The lowest BCUT2D eigenvalue weighted by molar-refractivity contribution is -0.128. The first-order chi connectivity index (χ1) is 36.0. The average molecular weight is 1070 g/mol. The highest BCUT2D eigenvalue weighted by atomic mass is 16.6. The van der Waals surface area contributed by atoms with Crippen LogP contribution in [0.5, 0.6) is 0 Å². The number of rotatable bonds is 58. The summed E-state index contributed by atoms with van der Waals surface area (Å²) in [6.07, 6.45) is 3.88. The van der Waals surface area contributed by atoms with Gasteiger partial charge in [0, 0.05) is 58.8 Å². The summed E-state index contributed by atoms with van der Waals surface area (Å²) < 4.78 is 73.9. The normalized spacial score (nSPS) is 11.0. The van der Waals surface area contributed by atoms with Crippen LogP contribution < -0.4 is 21.3 Å². The molecule has 0 aromatic carbocycles. The first-order valence-electron chi connectivity index (χ1n) is 25.6. The van der Waals surface area contributed by atoms with Crippen molar-refractivity contribution in [1.29, 1.82) is 0 Å². The Bertz CT molecular complexity index is 1350. The SMILES string of the molecule is CCCCOCCOCC(=O)NCCOCCOCC(=O)NCCOCCOCC(=O)NCCOCCOCC(=O)CCCOCCOCC(=O)CCCOCCOCC(C)=O.CNCCOCCOCC(C)=O. The molecule has 4 N–H and O–H groups in total. The second-order valence-electron chi connectivity index (χ2n) is 15.9. The fourth-order valence-electron chi connectivity index (χ4n) is 5.09. The predicted molar refractivity (Wildman–Crippen MR) is 269 cm³/mol. The van der Waals surface area contributed by atoms with Crippen molar-refractivity contribution >= 4 is 40.9 Å². The predicted octanol–water partition coefficient (Wildman–Crippen LogP) is -0.550. The lowest BCUT2D eigenvalue weighted by Gasteiger charge is -2.09. The summed E-state index contributed by atoms with van der Waals surface area (Å²) in [5.74, 6) is -0.881. The van der Waals surface area contributed by atoms with Gasteiger partial charge in [-0.15, -0.1) is 0 Å². The molecule has 0 aliphatic carbocycles. The molecule has 0 rings (SSSR count). The molecule has 0 radical (unpaired) electrons. The molecule has 0 aliphatic rings. The Labute approximate surface area is 438 Å². The van der Waals surface area contributed by atoms with E-state index in [1.807, 2.05) is 7.05 Å². The van der Waals surface area contributed by atoms with Crippen molar-refractivity contribution in [2.24, 2.45) is 0 Å². The third-order valence-electron chi connectivity index (χ3n) is 8.77. The number of hydrogen-bond acceptors (Lipinski definition) is 22. The van der Waals surface area contributed by atoms with Gasteiger partial charge in [-0.3, -0.25) is 33.6 Å². The van der Waals surface area contributed by atoms with Crippen molar-refractivity contribution in [2.75, 3.05) is 218 Å². The van der Waals surface area contributed by atoms with Gasteiger partial charge < -0.3 is 87.6 Å². The molecule has 434 valence electrons. The summed E-state index contributed by atoms with van der Waals surface area (Å²) in [6, 6.07) is 0.